The largest absolute Gasteiger partial charge is 0.481 e. The number of methoxy groups -OCH3 is 2. The van der Waals surface area contributed by atoms with E-state index in [1.165, 1.54) is 33.5 Å². The van der Waals surface area contributed by atoms with Gasteiger partial charge in [-0.15, -0.1) is 10.2 Å². The lowest BCUT2D eigenvalue weighted by atomic mass is 10.1. The van der Waals surface area contributed by atoms with E-state index in [2.05, 4.69) is 29.9 Å². The average Bonchev–Trinajstić information content (AvgIpc) is 3.32. The predicted molar refractivity (Wildman–Crippen MR) is 134 cm³/mol. The molecule has 13 nitrogen and oxygen atoms in total. The number of hydrogen-bond acceptors (Lipinski definition) is 11. The Kier molecular flexibility index (Phi) is 8.54. The van der Waals surface area contributed by atoms with Crippen LogP contribution in [0.5, 0.6) is 5.88 Å². The molecule has 4 atom stereocenters. The molecular formula is C22H28ClN7O6S. The van der Waals surface area contributed by atoms with Crippen LogP contribution >= 0.6 is 11.6 Å². The highest BCUT2D eigenvalue weighted by atomic mass is 35.5. The minimum Gasteiger partial charge on any atom is -0.481 e. The molecule has 3 aromatic rings. The lowest BCUT2D eigenvalue weighted by molar-refractivity contribution is -0.104. The Morgan fingerprint density at radius 3 is 2.57 bits per heavy atom. The number of nitrogens with one attached hydrogen (secondary N) is 1. The Bertz CT molecular complexity index is 1300. The van der Waals surface area contributed by atoms with Crippen LogP contribution in [0.25, 0.3) is 11.5 Å². The van der Waals surface area contributed by atoms with Gasteiger partial charge >= 0.3 is 0 Å². The van der Waals surface area contributed by atoms with Crippen LogP contribution < -0.4 is 9.46 Å². The fraction of sp³-hybridized carbons (Fsp3) is 0.500. The molecule has 4 rings (SSSR count). The first-order valence-corrected chi connectivity index (χ1v) is 13.3. The van der Waals surface area contributed by atoms with Gasteiger partial charge in [-0.3, -0.25) is 9.29 Å². The fourth-order valence-corrected chi connectivity index (χ4v) is 5.12. The van der Waals surface area contributed by atoms with E-state index >= 15 is 0 Å². The molecule has 1 fully saturated rings. The van der Waals surface area contributed by atoms with Crippen molar-refractivity contribution in [3.63, 3.8) is 0 Å². The van der Waals surface area contributed by atoms with Gasteiger partial charge in [0.25, 0.3) is 0 Å². The van der Waals surface area contributed by atoms with Crippen molar-refractivity contribution in [1.82, 2.24) is 29.7 Å². The molecule has 0 unspecified atom stereocenters. The molecule has 0 radical (unpaired) electrons. The number of anilines is 1. The van der Waals surface area contributed by atoms with Gasteiger partial charge in [-0.1, -0.05) is 17.7 Å². The fourth-order valence-electron chi connectivity index (χ4n) is 3.88. The number of halogens is 1. The molecule has 0 bridgehead atoms. The SMILES string of the molecule is COc1cccc(-c2nnc(NS(=O)(=O)[C@@H](C)[C@H](OC)c3ncc(Cl)cn3)n2[C@H](C)[C@@H]2COCCO2)n1. The summed E-state index contributed by atoms with van der Waals surface area (Å²) in [4.78, 5) is 12.7. The van der Waals surface area contributed by atoms with Gasteiger partial charge in [0.05, 0.1) is 38.0 Å². The minimum atomic E-state index is -4.08. The van der Waals surface area contributed by atoms with E-state index in [1.807, 2.05) is 6.92 Å². The second-order valence-corrected chi connectivity index (χ2v) is 10.7. The molecule has 4 heterocycles. The maximum atomic E-state index is 13.5. The Labute approximate surface area is 219 Å². The zero-order valence-electron chi connectivity index (χ0n) is 20.7. The molecule has 1 saturated heterocycles. The zero-order chi connectivity index (χ0) is 26.6. The summed E-state index contributed by atoms with van der Waals surface area (Å²) < 4.78 is 53.3. The number of pyridine rings is 1. The van der Waals surface area contributed by atoms with Crippen LogP contribution in [0.1, 0.15) is 31.8 Å². The van der Waals surface area contributed by atoms with Crippen LogP contribution in [0.15, 0.2) is 30.6 Å². The molecule has 0 aromatic carbocycles. The van der Waals surface area contributed by atoms with E-state index in [0.29, 0.717) is 42.2 Å². The Morgan fingerprint density at radius 1 is 1.16 bits per heavy atom. The van der Waals surface area contributed by atoms with Gasteiger partial charge in [0.2, 0.25) is 21.9 Å². The van der Waals surface area contributed by atoms with Crippen molar-refractivity contribution < 1.29 is 27.4 Å². The number of rotatable bonds is 10. The van der Waals surface area contributed by atoms with Gasteiger partial charge < -0.3 is 18.9 Å². The number of sulfonamides is 1. The Balaban J connectivity index is 1.70. The van der Waals surface area contributed by atoms with Crippen LogP contribution in [0.3, 0.4) is 0 Å². The highest BCUT2D eigenvalue weighted by molar-refractivity contribution is 7.93. The first kappa shape index (κ1) is 27.1. The van der Waals surface area contributed by atoms with Crippen molar-refractivity contribution in [2.75, 3.05) is 38.8 Å². The van der Waals surface area contributed by atoms with Crippen LogP contribution in [0.2, 0.25) is 5.02 Å². The summed E-state index contributed by atoms with van der Waals surface area (Å²) in [5.74, 6) is 0.863. The van der Waals surface area contributed by atoms with E-state index in [-0.39, 0.29) is 17.9 Å². The summed E-state index contributed by atoms with van der Waals surface area (Å²) in [6.07, 6.45) is 1.41. The Morgan fingerprint density at radius 2 is 1.92 bits per heavy atom. The molecule has 1 aliphatic heterocycles. The topological polar surface area (TPSA) is 152 Å². The van der Waals surface area contributed by atoms with Crippen molar-refractivity contribution in [1.29, 1.82) is 0 Å². The normalized spacial score (nSPS) is 18.7. The number of nitrogens with zero attached hydrogens (tertiary/aromatic N) is 6. The summed E-state index contributed by atoms with van der Waals surface area (Å²) in [6, 6.07) is 4.77. The second-order valence-electron chi connectivity index (χ2n) is 8.28. The predicted octanol–water partition coefficient (Wildman–Crippen LogP) is 2.29. The molecule has 37 heavy (non-hydrogen) atoms. The first-order chi connectivity index (χ1) is 17.7. The van der Waals surface area contributed by atoms with E-state index in [0.717, 1.165) is 0 Å². The highest BCUT2D eigenvalue weighted by Gasteiger charge is 2.36. The highest BCUT2D eigenvalue weighted by Crippen LogP contribution is 2.31. The van der Waals surface area contributed by atoms with Gasteiger partial charge in [-0.2, -0.15) is 0 Å². The monoisotopic (exact) mass is 553 g/mol. The number of hydrogen-bond donors (Lipinski definition) is 1. The lowest BCUT2D eigenvalue weighted by Gasteiger charge is -2.30. The zero-order valence-corrected chi connectivity index (χ0v) is 22.3. The second kappa shape index (κ2) is 11.6. The third-order valence-electron chi connectivity index (χ3n) is 5.94. The van der Waals surface area contributed by atoms with Gasteiger partial charge in [-0.05, 0) is 19.9 Å². The number of ether oxygens (including phenoxy) is 4. The molecule has 3 aromatic heterocycles. The summed E-state index contributed by atoms with van der Waals surface area (Å²) in [5.41, 5.74) is 0.443. The van der Waals surface area contributed by atoms with E-state index in [4.69, 9.17) is 30.5 Å². The van der Waals surface area contributed by atoms with E-state index in [1.54, 1.807) is 22.8 Å². The van der Waals surface area contributed by atoms with E-state index in [9.17, 15) is 8.42 Å². The number of aromatic nitrogens is 6. The van der Waals surface area contributed by atoms with Crippen molar-refractivity contribution in [2.45, 2.75) is 37.3 Å². The summed E-state index contributed by atoms with van der Waals surface area (Å²) in [5, 5.41) is 7.63. The standard InChI is InChI=1S/C22H28ClN7O6S/c1-13(17-12-35-8-9-36-17)30-21(16-6-5-7-18(26-16)33-3)27-28-22(30)29-37(31,32)14(2)19(34-4)20-24-10-15(23)11-25-20/h5-7,10-11,13-14,17,19H,8-9,12H2,1-4H3,(H,28,29)/t13-,14+,17+,19+/m1/s1. The van der Waals surface area contributed by atoms with Gasteiger partial charge in [0.15, 0.2) is 11.6 Å². The smallest absolute Gasteiger partial charge is 0.240 e. The molecule has 0 amide bonds. The van der Waals surface area contributed by atoms with Gasteiger partial charge in [0, 0.05) is 25.6 Å². The molecule has 1 aliphatic rings. The van der Waals surface area contributed by atoms with Crippen LogP contribution in [-0.4, -0.2) is 83.5 Å². The molecule has 1 N–H and O–H groups in total. The van der Waals surface area contributed by atoms with Gasteiger partial charge in [0.1, 0.15) is 23.2 Å². The van der Waals surface area contributed by atoms with Crippen molar-refractivity contribution in [3.8, 4) is 17.4 Å². The molecule has 0 aliphatic carbocycles. The molecular weight excluding hydrogens is 526 g/mol. The molecule has 200 valence electrons. The minimum absolute atomic E-state index is 0.0139. The maximum absolute atomic E-state index is 13.5. The quantitative estimate of drug-likeness (QED) is 0.393. The van der Waals surface area contributed by atoms with Crippen molar-refractivity contribution in [2.24, 2.45) is 0 Å². The first-order valence-electron chi connectivity index (χ1n) is 11.4. The van der Waals surface area contributed by atoms with Crippen molar-refractivity contribution >= 4 is 27.6 Å². The summed E-state index contributed by atoms with van der Waals surface area (Å²) in [6.45, 7) is 4.58. The van der Waals surface area contributed by atoms with Crippen LogP contribution in [0.4, 0.5) is 5.95 Å². The molecule has 0 saturated carbocycles. The third kappa shape index (κ3) is 5.99. The summed E-state index contributed by atoms with van der Waals surface area (Å²) >= 11 is 5.87. The Hall–Kier alpha value is -2.91. The lowest BCUT2D eigenvalue weighted by Crippen LogP contribution is -2.37. The van der Waals surface area contributed by atoms with Crippen LogP contribution in [0, 0.1) is 0 Å². The molecule has 15 heteroatoms. The van der Waals surface area contributed by atoms with Gasteiger partial charge in [-0.25, -0.2) is 23.4 Å². The van der Waals surface area contributed by atoms with Crippen molar-refractivity contribution in [3.05, 3.63) is 41.4 Å². The third-order valence-corrected chi connectivity index (χ3v) is 7.83. The average molecular weight is 554 g/mol. The summed E-state index contributed by atoms with van der Waals surface area (Å²) in [7, 11) is -1.19. The van der Waals surface area contributed by atoms with Crippen LogP contribution in [-0.2, 0) is 24.2 Å². The maximum Gasteiger partial charge on any atom is 0.240 e. The van der Waals surface area contributed by atoms with E-state index < -0.39 is 27.4 Å². The molecule has 0 spiro atoms.